The largest absolute Gasteiger partial charge is 0.497 e. The minimum absolute atomic E-state index is 0.00783. The molecule has 1 atom stereocenters. The second kappa shape index (κ2) is 11.0. The lowest BCUT2D eigenvalue weighted by atomic mass is 9.98. The van der Waals surface area contributed by atoms with E-state index in [9.17, 15) is 4.79 Å². The Balaban J connectivity index is 1.43. The summed E-state index contributed by atoms with van der Waals surface area (Å²) in [6, 6.07) is 24.7. The highest BCUT2D eigenvalue weighted by Gasteiger charge is 2.12. The van der Waals surface area contributed by atoms with Crippen LogP contribution in [0.2, 0.25) is 0 Å². The molecule has 4 aromatic rings. The first-order valence-corrected chi connectivity index (χ1v) is 12.0. The number of methoxy groups -OCH3 is 1. The molecule has 5 nitrogen and oxygen atoms in total. The van der Waals surface area contributed by atoms with E-state index < -0.39 is 0 Å². The molecule has 0 bridgehead atoms. The molecule has 0 aliphatic rings. The van der Waals surface area contributed by atoms with E-state index in [1.54, 1.807) is 7.11 Å². The van der Waals surface area contributed by atoms with Gasteiger partial charge in [0.25, 0.3) is 0 Å². The van der Waals surface area contributed by atoms with Crippen molar-refractivity contribution >= 4 is 16.9 Å². The van der Waals surface area contributed by atoms with Crippen molar-refractivity contribution in [3.8, 4) is 5.75 Å². The van der Waals surface area contributed by atoms with E-state index >= 15 is 0 Å². The highest BCUT2D eigenvalue weighted by Crippen LogP contribution is 2.22. The Labute approximate surface area is 201 Å². The molecule has 0 aliphatic heterocycles. The number of aromatic nitrogens is 2. The summed E-state index contributed by atoms with van der Waals surface area (Å²) in [4.78, 5) is 17.3. The molecule has 1 heterocycles. The van der Waals surface area contributed by atoms with Gasteiger partial charge in [0.2, 0.25) is 5.91 Å². The Morgan fingerprint density at radius 1 is 1.00 bits per heavy atom. The van der Waals surface area contributed by atoms with Crippen molar-refractivity contribution in [2.75, 3.05) is 13.7 Å². The molecule has 0 saturated heterocycles. The number of amides is 1. The summed E-state index contributed by atoms with van der Waals surface area (Å²) in [5.41, 5.74) is 5.69. The number of imidazole rings is 1. The van der Waals surface area contributed by atoms with Gasteiger partial charge in [0.05, 0.1) is 24.6 Å². The molecule has 176 valence electrons. The zero-order valence-corrected chi connectivity index (χ0v) is 20.3. The third-order valence-corrected chi connectivity index (χ3v) is 6.43. The van der Waals surface area contributed by atoms with E-state index in [-0.39, 0.29) is 5.91 Å². The Kier molecular flexibility index (Phi) is 7.63. The fourth-order valence-electron chi connectivity index (χ4n) is 4.17. The molecule has 5 heteroatoms. The van der Waals surface area contributed by atoms with Crippen LogP contribution in [0.5, 0.6) is 5.75 Å². The summed E-state index contributed by atoms with van der Waals surface area (Å²) in [6.45, 7) is 5.79. The number of fused-ring (bicyclic) bond motifs is 1. The number of carbonyl (C=O) groups is 1. The van der Waals surface area contributed by atoms with Crippen molar-refractivity contribution < 1.29 is 9.53 Å². The van der Waals surface area contributed by atoms with Gasteiger partial charge >= 0.3 is 0 Å². The van der Waals surface area contributed by atoms with Crippen LogP contribution in [0.15, 0.2) is 72.8 Å². The first kappa shape index (κ1) is 23.6. The van der Waals surface area contributed by atoms with E-state index in [0.29, 0.717) is 25.3 Å². The normalized spacial score (nSPS) is 12.0. The number of benzene rings is 3. The summed E-state index contributed by atoms with van der Waals surface area (Å²) in [7, 11) is 1.64. The fourth-order valence-corrected chi connectivity index (χ4v) is 4.17. The number of nitrogens with one attached hydrogen (secondary N) is 1. The molecular formula is C29H33N3O2. The molecular weight excluding hydrogens is 422 g/mol. The predicted molar refractivity (Wildman–Crippen MR) is 137 cm³/mol. The van der Waals surface area contributed by atoms with Crippen LogP contribution in [0.25, 0.3) is 11.0 Å². The summed E-state index contributed by atoms with van der Waals surface area (Å²) in [6.07, 6.45) is 2.16. The first-order chi connectivity index (χ1) is 16.6. The van der Waals surface area contributed by atoms with Crippen LogP contribution in [0.4, 0.5) is 0 Å². The number of rotatable bonds is 10. The van der Waals surface area contributed by atoms with Crippen LogP contribution in [0.1, 0.15) is 48.7 Å². The van der Waals surface area contributed by atoms with Gasteiger partial charge in [-0.1, -0.05) is 62.4 Å². The maximum Gasteiger partial charge on any atom is 0.224 e. The van der Waals surface area contributed by atoms with Crippen LogP contribution in [0, 0.1) is 0 Å². The summed E-state index contributed by atoms with van der Waals surface area (Å²) in [5.74, 6) is 2.35. The number of nitrogens with zero attached hydrogens (tertiary/aromatic N) is 2. The Bertz CT molecular complexity index is 1230. The van der Waals surface area contributed by atoms with Gasteiger partial charge in [-0.15, -0.1) is 0 Å². The Morgan fingerprint density at radius 3 is 2.41 bits per heavy atom. The van der Waals surface area contributed by atoms with Crippen molar-refractivity contribution in [2.24, 2.45) is 0 Å². The number of para-hydroxylation sites is 2. The highest BCUT2D eigenvalue weighted by molar-refractivity contribution is 5.78. The second-order valence-electron chi connectivity index (χ2n) is 8.78. The third-order valence-electron chi connectivity index (χ3n) is 6.43. The van der Waals surface area contributed by atoms with Crippen molar-refractivity contribution in [1.82, 2.24) is 14.9 Å². The number of hydrogen-bond acceptors (Lipinski definition) is 3. The molecule has 1 N–H and O–H groups in total. The molecule has 1 aromatic heterocycles. The van der Waals surface area contributed by atoms with Crippen molar-refractivity contribution in [3.63, 3.8) is 0 Å². The van der Waals surface area contributed by atoms with Gasteiger partial charge in [-0.05, 0) is 53.3 Å². The monoisotopic (exact) mass is 455 g/mol. The predicted octanol–water partition coefficient (Wildman–Crippen LogP) is 5.51. The minimum atomic E-state index is 0.00783. The summed E-state index contributed by atoms with van der Waals surface area (Å²) >= 11 is 0. The highest BCUT2D eigenvalue weighted by atomic mass is 16.5. The summed E-state index contributed by atoms with van der Waals surface area (Å²) in [5, 5.41) is 3.05. The zero-order chi connectivity index (χ0) is 23.9. The van der Waals surface area contributed by atoms with E-state index in [1.807, 2.05) is 42.5 Å². The maximum absolute atomic E-state index is 12.4. The quantitative estimate of drug-likeness (QED) is 0.343. The van der Waals surface area contributed by atoms with E-state index in [4.69, 9.17) is 9.72 Å². The second-order valence-corrected chi connectivity index (χ2v) is 8.78. The van der Waals surface area contributed by atoms with Gasteiger partial charge in [-0.25, -0.2) is 4.98 Å². The molecule has 3 aromatic carbocycles. The molecule has 0 spiro atoms. The molecule has 0 saturated carbocycles. The third kappa shape index (κ3) is 5.66. The van der Waals surface area contributed by atoms with Gasteiger partial charge in [0.1, 0.15) is 11.6 Å². The van der Waals surface area contributed by atoms with Crippen LogP contribution in [0.3, 0.4) is 0 Å². The van der Waals surface area contributed by atoms with Crippen molar-refractivity contribution in [2.45, 2.75) is 45.6 Å². The van der Waals surface area contributed by atoms with Crippen molar-refractivity contribution in [3.05, 3.63) is 95.3 Å². The van der Waals surface area contributed by atoms with Gasteiger partial charge in [-0.3, -0.25) is 4.79 Å². The lowest BCUT2D eigenvalue weighted by Crippen LogP contribution is -2.28. The average molecular weight is 456 g/mol. The lowest BCUT2D eigenvalue weighted by Gasteiger charge is -2.13. The Morgan fingerprint density at radius 2 is 1.71 bits per heavy atom. The molecule has 0 radical (unpaired) electrons. The smallest absolute Gasteiger partial charge is 0.224 e. The fraction of sp³-hybridized carbons (Fsp3) is 0.310. The molecule has 0 fully saturated rings. The van der Waals surface area contributed by atoms with Gasteiger partial charge in [0, 0.05) is 19.5 Å². The topological polar surface area (TPSA) is 56.2 Å². The zero-order valence-electron chi connectivity index (χ0n) is 20.3. The molecule has 1 unspecified atom stereocenters. The number of ether oxygens (including phenoxy) is 1. The lowest BCUT2D eigenvalue weighted by molar-refractivity contribution is -0.120. The van der Waals surface area contributed by atoms with Crippen LogP contribution < -0.4 is 10.1 Å². The number of carbonyl (C=O) groups excluding carboxylic acids is 1. The average Bonchev–Trinajstić information content (AvgIpc) is 3.21. The molecule has 1 amide bonds. The first-order valence-electron chi connectivity index (χ1n) is 12.0. The number of hydrogen-bond donors (Lipinski definition) is 1. The molecule has 0 aliphatic carbocycles. The van der Waals surface area contributed by atoms with E-state index in [0.717, 1.165) is 41.1 Å². The SMILES string of the molecule is CCC(C)c1ccc(Cn2c(CCNC(=O)Cc3ccc(OC)cc3)nc3ccccc32)cc1. The van der Waals surface area contributed by atoms with Gasteiger partial charge in [0.15, 0.2) is 0 Å². The van der Waals surface area contributed by atoms with Crippen LogP contribution in [-0.2, 0) is 24.2 Å². The van der Waals surface area contributed by atoms with Crippen molar-refractivity contribution in [1.29, 1.82) is 0 Å². The minimum Gasteiger partial charge on any atom is -0.497 e. The van der Waals surface area contributed by atoms with Gasteiger partial charge in [-0.2, -0.15) is 0 Å². The standard InChI is InChI=1S/C29H33N3O2/c1-4-21(2)24-13-9-23(10-14-24)20-32-27-8-6-5-7-26(27)31-28(32)17-18-30-29(33)19-22-11-15-25(34-3)16-12-22/h5-16,21H,4,17-20H2,1-3H3,(H,30,33). The van der Waals surface area contributed by atoms with Crippen LogP contribution in [-0.4, -0.2) is 29.1 Å². The van der Waals surface area contributed by atoms with Gasteiger partial charge < -0.3 is 14.6 Å². The Hall–Kier alpha value is -3.60. The van der Waals surface area contributed by atoms with Crippen LogP contribution >= 0.6 is 0 Å². The van der Waals surface area contributed by atoms with E-state index in [2.05, 4.69) is 54.1 Å². The van der Waals surface area contributed by atoms with E-state index in [1.165, 1.54) is 11.1 Å². The molecule has 34 heavy (non-hydrogen) atoms. The maximum atomic E-state index is 12.4. The molecule has 4 rings (SSSR count). The summed E-state index contributed by atoms with van der Waals surface area (Å²) < 4.78 is 7.45.